The highest BCUT2D eigenvalue weighted by atomic mass is 79.9. The van der Waals surface area contributed by atoms with Crippen LogP contribution in [0.4, 0.5) is 0 Å². The number of carbonyl (C=O) groups excluding carboxylic acids is 1. The van der Waals surface area contributed by atoms with Crippen LogP contribution >= 0.6 is 27.5 Å². The Morgan fingerprint density at radius 2 is 2.28 bits per heavy atom. The zero-order chi connectivity index (χ0) is 13.1. The van der Waals surface area contributed by atoms with Crippen molar-refractivity contribution in [1.82, 2.24) is 4.90 Å². The van der Waals surface area contributed by atoms with Crippen molar-refractivity contribution in [3.8, 4) is 12.3 Å². The summed E-state index contributed by atoms with van der Waals surface area (Å²) in [6.07, 6.45) is 7.70. The predicted octanol–water partition coefficient (Wildman–Crippen LogP) is 3.59. The number of rotatable bonds is 4. The van der Waals surface area contributed by atoms with E-state index < -0.39 is 0 Å². The van der Waals surface area contributed by atoms with Crippen molar-refractivity contribution >= 4 is 33.4 Å². The first-order valence-electron chi connectivity index (χ1n) is 5.79. The lowest BCUT2D eigenvalue weighted by Gasteiger charge is -2.20. The summed E-state index contributed by atoms with van der Waals surface area (Å²) in [6, 6.07) is 5.21. The standard InChI is InChI=1S/C14H13BrClNO/c1-2-7-17(9-10-3-4-10)14(18)11-5-6-12(15)13(16)8-11/h1,5-6,8,10H,3-4,7,9H2. The second-order valence-electron chi connectivity index (χ2n) is 4.46. The van der Waals surface area contributed by atoms with Crippen LogP contribution in [0.1, 0.15) is 23.2 Å². The molecule has 0 radical (unpaired) electrons. The fourth-order valence-electron chi connectivity index (χ4n) is 1.75. The fraction of sp³-hybridized carbons (Fsp3) is 0.357. The van der Waals surface area contributed by atoms with Gasteiger partial charge in [-0.05, 0) is 52.9 Å². The molecule has 4 heteroatoms. The number of terminal acetylenes is 1. The maximum absolute atomic E-state index is 12.3. The molecular formula is C14H13BrClNO. The quantitative estimate of drug-likeness (QED) is 0.774. The van der Waals surface area contributed by atoms with Gasteiger partial charge in [-0.1, -0.05) is 17.5 Å². The molecule has 2 nitrogen and oxygen atoms in total. The van der Waals surface area contributed by atoms with Gasteiger partial charge in [-0.15, -0.1) is 6.42 Å². The van der Waals surface area contributed by atoms with Crippen LogP contribution in [0.2, 0.25) is 5.02 Å². The Kier molecular flexibility index (Phi) is 4.31. The molecule has 1 aliphatic rings. The second-order valence-corrected chi connectivity index (χ2v) is 5.72. The summed E-state index contributed by atoms with van der Waals surface area (Å²) in [5.74, 6) is 3.11. The van der Waals surface area contributed by atoms with Crippen LogP contribution in [0.5, 0.6) is 0 Å². The molecule has 0 atom stereocenters. The number of nitrogens with zero attached hydrogens (tertiary/aromatic N) is 1. The molecule has 0 saturated heterocycles. The number of carbonyl (C=O) groups is 1. The molecule has 2 rings (SSSR count). The average Bonchev–Trinajstić information content (AvgIpc) is 3.15. The highest BCUT2D eigenvalue weighted by molar-refractivity contribution is 9.10. The summed E-state index contributed by atoms with van der Waals surface area (Å²) in [5, 5.41) is 0.535. The molecule has 0 N–H and O–H groups in total. The van der Waals surface area contributed by atoms with Crippen LogP contribution in [0.3, 0.4) is 0 Å². The maximum Gasteiger partial charge on any atom is 0.254 e. The lowest BCUT2D eigenvalue weighted by Crippen LogP contribution is -2.33. The number of amides is 1. The summed E-state index contributed by atoms with van der Waals surface area (Å²) >= 11 is 9.31. The molecule has 1 amide bonds. The lowest BCUT2D eigenvalue weighted by atomic mass is 10.2. The Morgan fingerprint density at radius 3 is 2.83 bits per heavy atom. The smallest absolute Gasteiger partial charge is 0.254 e. The van der Waals surface area contributed by atoms with Gasteiger partial charge in [-0.2, -0.15) is 0 Å². The van der Waals surface area contributed by atoms with Crippen LogP contribution < -0.4 is 0 Å². The van der Waals surface area contributed by atoms with Crippen LogP contribution in [-0.4, -0.2) is 23.9 Å². The molecule has 1 aromatic rings. The Hall–Kier alpha value is -0.980. The Balaban J connectivity index is 2.15. The van der Waals surface area contributed by atoms with E-state index in [1.807, 2.05) is 0 Å². The van der Waals surface area contributed by atoms with E-state index in [9.17, 15) is 4.79 Å². The Bertz CT molecular complexity index is 505. The third-order valence-electron chi connectivity index (χ3n) is 2.91. The number of benzene rings is 1. The first-order chi connectivity index (χ1) is 8.61. The summed E-state index contributed by atoms with van der Waals surface area (Å²) < 4.78 is 0.784. The van der Waals surface area contributed by atoms with Crippen LogP contribution in [-0.2, 0) is 0 Å². The van der Waals surface area contributed by atoms with E-state index in [2.05, 4.69) is 21.9 Å². The van der Waals surface area contributed by atoms with Crippen molar-refractivity contribution in [2.75, 3.05) is 13.1 Å². The summed E-state index contributed by atoms with van der Waals surface area (Å²) in [6.45, 7) is 1.10. The molecule has 0 unspecified atom stereocenters. The number of halogens is 2. The highest BCUT2D eigenvalue weighted by Gasteiger charge is 2.27. The monoisotopic (exact) mass is 325 g/mol. The predicted molar refractivity (Wildman–Crippen MR) is 76.6 cm³/mol. The van der Waals surface area contributed by atoms with Crippen molar-refractivity contribution < 1.29 is 4.79 Å². The van der Waals surface area contributed by atoms with Crippen LogP contribution in [0.15, 0.2) is 22.7 Å². The van der Waals surface area contributed by atoms with Crippen molar-refractivity contribution in [1.29, 1.82) is 0 Å². The molecule has 18 heavy (non-hydrogen) atoms. The van der Waals surface area contributed by atoms with Crippen molar-refractivity contribution in [3.05, 3.63) is 33.3 Å². The van der Waals surface area contributed by atoms with E-state index in [0.717, 1.165) is 11.0 Å². The zero-order valence-electron chi connectivity index (χ0n) is 9.83. The number of hydrogen-bond donors (Lipinski definition) is 0. The first-order valence-corrected chi connectivity index (χ1v) is 6.96. The molecule has 1 aliphatic carbocycles. The van der Waals surface area contributed by atoms with Gasteiger partial charge in [0.1, 0.15) is 0 Å². The zero-order valence-corrected chi connectivity index (χ0v) is 12.2. The minimum Gasteiger partial charge on any atom is -0.327 e. The van der Waals surface area contributed by atoms with Gasteiger partial charge in [0, 0.05) is 16.6 Å². The normalized spacial score (nSPS) is 14.1. The van der Waals surface area contributed by atoms with E-state index >= 15 is 0 Å². The maximum atomic E-state index is 12.3. The molecule has 94 valence electrons. The summed E-state index contributed by atoms with van der Waals surface area (Å²) in [4.78, 5) is 14.0. The van der Waals surface area contributed by atoms with Gasteiger partial charge in [0.15, 0.2) is 0 Å². The molecule has 0 aromatic heterocycles. The minimum absolute atomic E-state index is 0.0470. The van der Waals surface area contributed by atoms with Crippen molar-refractivity contribution in [3.63, 3.8) is 0 Å². The first kappa shape index (κ1) is 13.5. The van der Waals surface area contributed by atoms with E-state index in [1.165, 1.54) is 12.8 Å². The van der Waals surface area contributed by atoms with Crippen LogP contribution in [0.25, 0.3) is 0 Å². The van der Waals surface area contributed by atoms with E-state index in [0.29, 0.717) is 23.0 Å². The lowest BCUT2D eigenvalue weighted by molar-refractivity contribution is 0.0770. The molecule has 0 heterocycles. The van der Waals surface area contributed by atoms with Crippen molar-refractivity contribution in [2.24, 2.45) is 5.92 Å². The topological polar surface area (TPSA) is 20.3 Å². The van der Waals surface area contributed by atoms with Gasteiger partial charge in [0.05, 0.1) is 11.6 Å². The number of hydrogen-bond acceptors (Lipinski definition) is 1. The Labute approximate surface area is 120 Å². The molecule has 0 spiro atoms. The summed E-state index contributed by atoms with van der Waals surface area (Å²) in [7, 11) is 0. The van der Waals surface area contributed by atoms with Crippen LogP contribution in [0, 0.1) is 18.3 Å². The molecule has 0 bridgehead atoms. The highest BCUT2D eigenvalue weighted by Crippen LogP contribution is 2.30. The van der Waals surface area contributed by atoms with E-state index in [1.54, 1.807) is 23.1 Å². The van der Waals surface area contributed by atoms with Gasteiger partial charge < -0.3 is 4.90 Å². The largest absolute Gasteiger partial charge is 0.327 e. The minimum atomic E-state index is -0.0470. The van der Waals surface area contributed by atoms with Gasteiger partial charge in [0.2, 0.25) is 0 Å². The molecular weight excluding hydrogens is 314 g/mol. The molecule has 0 aliphatic heterocycles. The van der Waals surface area contributed by atoms with E-state index in [4.69, 9.17) is 18.0 Å². The second kappa shape index (κ2) is 5.77. The third kappa shape index (κ3) is 3.28. The SMILES string of the molecule is C#CCN(CC1CC1)C(=O)c1ccc(Br)c(Cl)c1. The third-order valence-corrected chi connectivity index (χ3v) is 4.14. The van der Waals surface area contributed by atoms with Gasteiger partial charge in [0.25, 0.3) is 5.91 Å². The van der Waals surface area contributed by atoms with Gasteiger partial charge >= 0.3 is 0 Å². The van der Waals surface area contributed by atoms with Gasteiger partial charge in [-0.3, -0.25) is 4.79 Å². The molecule has 1 aromatic carbocycles. The van der Waals surface area contributed by atoms with Crippen molar-refractivity contribution in [2.45, 2.75) is 12.8 Å². The van der Waals surface area contributed by atoms with E-state index in [-0.39, 0.29) is 5.91 Å². The van der Waals surface area contributed by atoms with Gasteiger partial charge in [-0.25, -0.2) is 0 Å². The Morgan fingerprint density at radius 1 is 1.56 bits per heavy atom. The fourth-order valence-corrected chi connectivity index (χ4v) is 2.18. The molecule has 1 saturated carbocycles. The summed E-state index contributed by atoms with van der Waals surface area (Å²) in [5.41, 5.74) is 0.583. The molecule has 1 fully saturated rings. The average molecular weight is 327 g/mol.